The van der Waals surface area contributed by atoms with Crippen LogP contribution in [0.3, 0.4) is 0 Å². The number of halogens is 2. The Morgan fingerprint density at radius 3 is 2.65 bits per heavy atom. The van der Waals surface area contributed by atoms with E-state index in [9.17, 15) is 9.18 Å². The minimum Gasteiger partial charge on any atom is -0.332 e. The third kappa shape index (κ3) is 3.81. The maximum absolute atomic E-state index is 12.9. The van der Waals surface area contributed by atoms with Crippen LogP contribution in [0.5, 0.6) is 0 Å². The van der Waals surface area contributed by atoms with Gasteiger partial charge in [0.1, 0.15) is 5.82 Å². The van der Waals surface area contributed by atoms with Gasteiger partial charge in [-0.15, -0.1) is 0 Å². The van der Waals surface area contributed by atoms with Crippen LogP contribution in [0.2, 0.25) is 5.28 Å². The van der Waals surface area contributed by atoms with Crippen molar-refractivity contribution in [3.8, 4) is 0 Å². The molecule has 0 spiro atoms. The predicted octanol–water partition coefficient (Wildman–Crippen LogP) is 2.59. The lowest BCUT2D eigenvalue weighted by molar-refractivity contribution is 0.205. The molecule has 0 atom stereocenters. The number of carbonyl (C=O) groups excluding carboxylic acids is 1. The molecule has 1 aromatic carbocycles. The maximum atomic E-state index is 12.9. The summed E-state index contributed by atoms with van der Waals surface area (Å²) in [5, 5.41) is 8.53. The second kappa shape index (κ2) is 6.70. The van der Waals surface area contributed by atoms with E-state index in [0.29, 0.717) is 13.0 Å². The number of hydrazone groups is 1. The van der Waals surface area contributed by atoms with E-state index >= 15 is 0 Å². The van der Waals surface area contributed by atoms with Gasteiger partial charge < -0.3 is 5.32 Å². The van der Waals surface area contributed by atoms with Crippen molar-refractivity contribution in [3.63, 3.8) is 0 Å². The molecule has 2 heterocycles. The smallest absolute Gasteiger partial charge is 0.332 e. The molecule has 0 unspecified atom stereocenters. The third-order valence-electron chi connectivity index (χ3n) is 3.33. The molecular weight excluding hydrogens is 321 g/mol. The zero-order valence-corrected chi connectivity index (χ0v) is 12.8. The van der Waals surface area contributed by atoms with Gasteiger partial charge in [0.05, 0.1) is 12.3 Å². The van der Waals surface area contributed by atoms with Gasteiger partial charge >= 0.3 is 6.03 Å². The Bertz CT molecular complexity index is 733. The Hall–Kier alpha value is -2.54. The molecule has 0 bridgehead atoms. The van der Waals surface area contributed by atoms with Crippen LogP contribution in [0.15, 0.2) is 41.8 Å². The molecule has 23 heavy (non-hydrogen) atoms. The van der Waals surface area contributed by atoms with Crippen molar-refractivity contribution in [2.75, 3.05) is 6.54 Å². The summed E-state index contributed by atoms with van der Waals surface area (Å²) >= 11 is 5.60. The molecule has 1 aliphatic rings. The number of rotatable bonds is 3. The first-order chi connectivity index (χ1) is 11.1. The molecule has 6 nitrogen and oxygen atoms in total. The highest BCUT2D eigenvalue weighted by atomic mass is 35.5. The average molecular weight is 334 g/mol. The van der Waals surface area contributed by atoms with Crippen LogP contribution in [0.4, 0.5) is 9.18 Å². The van der Waals surface area contributed by atoms with Crippen LogP contribution in [0, 0.1) is 5.82 Å². The lowest BCUT2D eigenvalue weighted by Crippen LogP contribution is -2.34. The number of amides is 2. The van der Waals surface area contributed by atoms with Crippen molar-refractivity contribution in [1.29, 1.82) is 0 Å². The zero-order valence-electron chi connectivity index (χ0n) is 12.0. The molecule has 3 rings (SSSR count). The number of urea groups is 1. The fraction of sp³-hybridized carbons (Fsp3) is 0.200. The number of nitrogens with zero attached hydrogens (tertiary/aromatic N) is 4. The van der Waals surface area contributed by atoms with Gasteiger partial charge in [0, 0.05) is 30.9 Å². The van der Waals surface area contributed by atoms with Crippen molar-refractivity contribution in [3.05, 3.63) is 58.9 Å². The van der Waals surface area contributed by atoms with Crippen LogP contribution in [0.25, 0.3) is 0 Å². The van der Waals surface area contributed by atoms with Gasteiger partial charge in [0.2, 0.25) is 5.28 Å². The maximum Gasteiger partial charge on any atom is 0.338 e. The quantitative estimate of drug-likeness (QED) is 0.878. The standard InChI is InChI=1S/C15H13ClFN5O/c16-14-18-7-10(8-19-14)9-20-15(23)22-6-5-13(21-22)11-1-3-12(17)4-2-11/h1-4,7-8H,5-6,9H2,(H,20,23). The van der Waals surface area contributed by atoms with Crippen LogP contribution >= 0.6 is 11.6 Å². The van der Waals surface area contributed by atoms with Crippen LogP contribution < -0.4 is 5.32 Å². The second-order valence-electron chi connectivity index (χ2n) is 4.95. The number of hydrogen-bond donors (Lipinski definition) is 1. The normalized spacial score (nSPS) is 13.8. The summed E-state index contributed by atoms with van der Waals surface area (Å²) in [4.78, 5) is 19.8. The zero-order chi connectivity index (χ0) is 16.2. The SMILES string of the molecule is O=C(NCc1cnc(Cl)nc1)N1CCC(c2ccc(F)cc2)=N1. The molecule has 118 valence electrons. The molecule has 1 aromatic heterocycles. The third-order valence-corrected chi connectivity index (χ3v) is 3.53. The molecule has 0 fully saturated rings. The molecule has 0 saturated heterocycles. The van der Waals surface area contributed by atoms with Crippen molar-refractivity contribution in [1.82, 2.24) is 20.3 Å². The van der Waals surface area contributed by atoms with Crippen molar-refractivity contribution < 1.29 is 9.18 Å². The molecule has 1 N–H and O–H groups in total. The van der Waals surface area contributed by atoms with Crippen molar-refractivity contribution in [2.45, 2.75) is 13.0 Å². The minimum atomic E-state index is -0.308. The van der Waals surface area contributed by atoms with Gasteiger partial charge in [-0.05, 0) is 29.3 Å². The second-order valence-corrected chi connectivity index (χ2v) is 5.28. The van der Waals surface area contributed by atoms with Crippen LogP contribution in [0.1, 0.15) is 17.5 Å². The minimum absolute atomic E-state index is 0.160. The highest BCUT2D eigenvalue weighted by Crippen LogP contribution is 2.14. The fourth-order valence-electron chi connectivity index (χ4n) is 2.15. The molecule has 8 heteroatoms. The molecule has 0 saturated carbocycles. The highest BCUT2D eigenvalue weighted by Gasteiger charge is 2.21. The number of carbonyl (C=O) groups is 1. The Balaban J connectivity index is 1.60. The summed E-state index contributed by atoms with van der Waals surface area (Å²) in [7, 11) is 0. The molecule has 0 aliphatic carbocycles. The summed E-state index contributed by atoms with van der Waals surface area (Å²) in [5.41, 5.74) is 2.31. The Morgan fingerprint density at radius 1 is 1.26 bits per heavy atom. The summed E-state index contributed by atoms with van der Waals surface area (Å²) in [5.74, 6) is -0.299. The monoisotopic (exact) mass is 333 g/mol. The van der Waals surface area contributed by atoms with Crippen molar-refractivity contribution in [2.24, 2.45) is 5.10 Å². The molecular formula is C15H13ClFN5O. The van der Waals surface area contributed by atoms with Gasteiger partial charge in [-0.1, -0.05) is 12.1 Å². The summed E-state index contributed by atoms with van der Waals surface area (Å²) in [6.07, 6.45) is 3.72. The van der Waals surface area contributed by atoms with E-state index in [0.717, 1.165) is 16.8 Å². The summed E-state index contributed by atoms with van der Waals surface area (Å²) in [6, 6.07) is 5.75. The largest absolute Gasteiger partial charge is 0.338 e. The van der Waals surface area contributed by atoms with Gasteiger partial charge in [-0.3, -0.25) is 0 Å². The molecule has 0 radical (unpaired) electrons. The number of aromatic nitrogens is 2. The molecule has 2 amide bonds. The average Bonchev–Trinajstić information content (AvgIpc) is 3.05. The van der Waals surface area contributed by atoms with E-state index in [4.69, 9.17) is 11.6 Å². The molecule has 2 aromatic rings. The Morgan fingerprint density at radius 2 is 1.96 bits per heavy atom. The summed E-state index contributed by atoms with van der Waals surface area (Å²) < 4.78 is 12.9. The number of nitrogens with one attached hydrogen (secondary N) is 1. The van der Waals surface area contributed by atoms with E-state index in [2.05, 4.69) is 20.4 Å². The van der Waals surface area contributed by atoms with Gasteiger partial charge in [0.25, 0.3) is 0 Å². The first-order valence-electron chi connectivity index (χ1n) is 6.97. The lowest BCUT2D eigenvalue weighted by Gasteiger charge is -2.12. The number of hydrogen-bond acceptors (Lipinski definition) is 4. The van der Waals surface area contributed by atoms with E-state index in [1.165, 1.54) is 17.1 Å². The topological polar surface area (TPSA) is 70.5 Å². The fourth-order valence-corrected chi connectivity index (χ4v) is 2.25. The number of benzene rings is 1. The lowest BCUT2D eigenvalue weighted by atomic mass is 10.1. The van der Waals surface area contributed by atoms with E-state index in [1.54, 1.807) is 24.5 Å². The Kier molecular flexibility index (Phi) is 4.47. The van der Waals surface area contributed by atoms with Crippen molar-refractivity contribution >= 4 is 23.3 Å². The van der Waals surface area contributed by atoms with Crippen LogP contribution in [-0.4, -0.2) is 33.3 Å². The van der Waals surface area contributed by atoms with E-state index in [1.807, 2.05) is 0 Å². The first kappa shape index (κ1) is 15.4. The summed E-state index contributed by atoms with van der Waals surface area (Å²) in [6.45, 7) is 0.767. The van der Waals surface area contributed by atoms with Crippen LogP contribution in [-0.2, 0) is 6.54 Å². The van der Waals surface area contributed by atoms with E-state index in [-0.39, 0.29) is 23.7 Å². The van der Waals surface area contributed by atoms with E-state index < -0.39 is 0 Å². The van der Waals surface area contributed by atoms with Gasteiger partial charge in [0.15, 0.2) is 0 Å². The highest BCUT2D eigenvalue weighted by molar-refractivity contribution is 6.28. The Labute approximate surface area is 137 Å². The molecule has 1 aliphatic heterocycles. The predicted molar refractivity (Wildman–Crippen MR) is 83.5 cm³/mol. The first-order valence-corrected chi connectivity index (χ1v) is 7.35. The van der Waals surface area contributed by atoms with Gasteiger partial charge in [-0.25, -0.2) is 24.2 Å². The van der Waals surface area contributed by atoms with Gasteiger partial charge in [-0.2, -0.15) is 5.10 Å².